The van der Waals surface area contributed by atoms with Crippen LogP contribution in [0.4, 0.5) is 5.82 Å². The van der Waals surface area contributed by atoms with Gasteiger partial charge in [-0.2, -0.15) is 0 Å². The van der Waals surface area contributed by atoms with E-state index in [-0.39, 0.29) is 5.91 Å². The maximum absolute atomic E-state index is 11.4. The van der Waals surface area contributed by atoms with Gasteiger partial charge in [0, 0.05) is 39.2 Å². The van der Waals surface area contributed by atoms with Crippen LogP contribution in [-0.4, -0.2) is 53.6 Å². The normalized spacial score (nSPS) is 16.1. The minimum Gasteiger partial charge on any atom is -0.478 e. The minimum absolute atomic E-state index is 0.129. The van der Waals surface area contributed by atoms with Gasteiger partial charge in [0.15, 0.2) is 0 Å². The number of piperidine rings is 1. The number of rotatable bonds is 4. The van der Waals surface area contributed by atoms with Crippen molar-refractivity contribution in [2.45, 2.75) is 32.7 Å². The summed E-state index contributed by atoms with van der Waals surface area (Å²) in [4.78, 5) is 23.8. The number of hydrogen-bond acceptors (Lipinski definition) is 5. The average Bonchev–Trinajstić information content (AvgIpc) is 2.47. The number of carbonyl (C=O) groups is 1. The third-order valence-electron chi connectivity index (χ3n) is 3.75. The lowest BCUT2D eigenvalue weighted by Gasteiger charge is -2.36. The Bertz CT molecular complexity index is 458. The van der Waals surface area contributed by atoms with Crippen LogP contribution in [0.2, 0.25) is 0 Å². The second-order valence-corrected chi connectivity index (χ2v) is 5.00. The first-order valence-electron chi connectivity index (χ1n) is 7.05. The second kappa shape index (κ2) is 6.54. The van der Waals surface area contributed by atoms with Gasteiger partial charge in [-0.3, -0.25) is 4.79 Å². The van der Waals surface area contributed by atoms with Gasteiger partial charge in [0.2, 0.25) is 11.8 Å². The zero-order chi connectivity index (χ0) is 14.5. The molecule has 0 N–H and O–H groups in total. The highest BCUT2D eigenvalue weighted by molar-refractivity contribution is 5.73. The fourth-order valence-electron chi connectivity index (χ4n) is 2.47. The van der Waals surface area contributed by atoms with Gasteiger partial charge < -0.3 is 14.5 Å². The topological polar surface area (TPSA) is 58.6 Å². The Morgan fingerprint density at radius 1 is 1.45 bits per heavy atom. The van der Waals surface area contributed by atoms with E-state index < -0.39 is 0 Å². The van der Waals surface area contributed by atoms with Crippen molar-refractivity contribution in [3.8, 4) is 5.88 Å². The summed E-state index contributed by atoms with van der Waals surface area (Å²) in [5, 5.41) is 0. The van der Waals surface area contributed by atoms with Crippen molar-refractivity contribution in [1.82, 2.24) is 14.9 Å². The predicted octanol–water partition coefficient (Wildman–Crippen LogP) is 1.32. The fraction of sp³-hybridized carbons (Fsp3) is 0.643. The van der Waals surface area contributed by atoms with E-state index in [1.54, 1.807) is 6.92 Å². The molecule has 0 atom stereocenters. The van der Waals surface area contributed by atoms with Gasteiger partial charge in [-0.15, -0.1) is 0 Å². The minimum atomic E-state index is 0.129. The van der Waals surface area contributed by atoms with Crippen molar-refractivity contribution < 1.29 is 9.53 Å². The van der Waals surface area contributed by atoms with E-state index in [1.165, 1.54) is 6.33 Å². The monoisotopic (exact) mass is 278 g/mol. The summed E-state index contributed by atoms with van der Waals surface area (Å²) >= 11 is 0. The molecule has 1 aromatic rings. The summed E-state index contributed by atoms with van der Waals surface area (Å²) in [6.45, 7) is 5.94. The van der Waals surface area contributed by atoms with Crippen LogP contribution in [0.1, 0.15) is 26.7 Å². The van der Waals surface area contributed by atoms with Crippen molar-refractivity contribution in [2.75, 3.05) is 31.6 Å². The van der Waals surface area contributed by atoms with Gasteiger partial charge in [0.1, 0.15) is 12.1 Å². The van der Waals surface area contributed by atoms with Crippen molar-refractivity contribution in [1.29, 1.82) is 0 Å². The first-order valence-corrected chi connectivity index (χ1v) is 7.05. The van der Waals surface area contributed by atoms with E-state index in [1.807, 2.05) is 24.9 Å². The van der Waals surface area contributed by atoms with Gasteiger partial charge in [-0.05, 0) is 19.8 Å². The molecule has 1 aromatic heterocycles. The molecule has 1 aliphatic heterocycles. The number of carbonyl (C=O) groups excluding carboxylic acids is 1. The molecule has 0 spiro atoms. The standard InChI is InChI=1S/C14H22N4O2/c1-4-20-14-9-13(15-10-16-14)18-7-5-12(6-8-18)17(3)11(2)19/h9-10,12H,4-8H2,1-3H3. The lowest BCUT2D eigenvalue weighted by atomic mass is 10.0. The SMILES string of the molecule is CCOc1cc(N2CCC(N(C)C(C)=O)CC2)ncn1. The summed E-state index contributed by atoms with van der Waals surface area (Å²) < 4.78 is 5.40. The number of aromatic nitrogens is 2. The molecule has 0 saturated carbocycles. The Morgan fingerprint density at radius 3 is 2.75 bits per heavy atom. The van der Waals surface area contributed by atoms with Crippen molar-refractivity contribution in [2.24, 2.45) is 0 Å². The number of ether oxygens (including phenoxy) is 1. The van der Waals surface area contributed by atoms with Gasteiger partial charge >= 0.3 is 0 Å². The van der Waals surface area contributed by atoms with Crippen molar-refractivity contribution in [3.05, 3.63) is 12.4 Å². The smallest absolute Gasteiger partial charge is 0.219 e. The van der Waals surface area contributed by atoms with Gasteiger partial charge in [-0.25, -0.2) is 9.97 Å². The molecule has 0 bridgehead atoms. The first kappa shape index (κ1) is 14.6. The molecule has 2 heterocycles. The molecule has 0 aliphatic carbocycles. The number of hydrogen-bond donors (Lipinski definition) is 0. The largest absolute Gasteiger partial charge is 0.478 e. The number of anilines is 1. The first-order chi connectivity index (χ1) is 9.61. The molecule has 0 aromatic carbocycles. The lowest BCUT2D eigenvalue weighted by Crippen LogP contribution is -2.45. The molecule has 1 fully saturated rings. The molecule has 1 aliphatic rings. The number of amides is 1. The molecule has 1 saturated heterocycles. The molecule has 0 unspecified atom stereocenters. The maximum atomic E-state index is 11.4. The molecule has 0 radical (unpaired) electrons. The number of nitrogens with zero attached hydrogens (tertiary/aromatic N) is 4. The van der Waals surface area contributed by atoms with Crippen LogP contribution in [0, 0.1) is 0 Å². The van der Waals surface area contributed by atoms with Crippen molar-refractivity contribution >= 4 is 11.7 Å². The maximum Gasteiger partial charge on any atom is 0.219 e. The summed E-state index contributed by atoms with van der Waals surface area (Å²) in [7, 11) is 1.88. The fourth-order valence-corrected chi connectivity index (χ4v) is 2.47. The van der Waals surface area contributed by atoms with E-state index in [0.29, 0.717) is 18.5 Å². The van der Waals surface area contributed by atoms with E-state index in [2.05, 4.69) is 14.9 Å². The molecule has 2 rings (SSSR count). The molecule has 20 heavy (non-hydrogen) atoms. The quantitative estimate of drug-likeness (QED) is 0.831. The molecule has 6 heteroatoms. The summed E-state index contributed by atoms with van der Waals surface area (Å²) in [5.74, 6) is 1.64. The van der Waals surface area contributed by atoms with Crippen LogP contribution in [0.3, 0.4) is 0 Å². The molecular formula is C14H22N4O2. The van der Waals surface area contributed by atoms with E-state index in [0.717, 1.165) is 31.7 Å². The summed E-state index contributed by atoms with van der Waals surface area (Å²) in [6.07, 6.45) is 3.46. The van der Waals surface area contributed by atoms with Crippen LogP contribution in [0.25, 0.3) is 0 Å². The molecule has 1 amide bonds. The van der Waals surface area contributed by atoms with Crippen LogP contribution in [0.5, 0.6) is 5.88 Å². The molecule has 6 nitrogen and oxygen atoms in total. The van der Waals surface area contributed by atoms with Crippen LogP contribution in [0.15, 0.2) is 12.4 Å². The van der Waals surface area contributed by atoms with Crippen LogP contribution < -0.4 is 9.64 Å². The zero-order valence-corrected chi connectivity index (χ0v) is 12.4. The lowest BCUT2D eigenvalue weighted by molar-refractivity contribution is -0.129. The van der Waals surface area contributed by atoms with E-state index in [9.17, 15) is 4.79 Å². The third-order valence-corrected chi connectivity index (χ3v) is 3.75. The Morgan fingerprint density at radius 2 is 2.15 bits per heavy atom. The predicted molar refractivity (Wildman–Crippen MR) is 76.9 cm³/mol. The van der Waals surface area contributed by atoms with Crippen LogP contribution >= 0.6 is 0 Å². The van der Waals surface area contributed by atoms with E-state index >= 15 is 0 Å². The van der Waals surface area contributed by atoms with Gasteiger partial charge in [-0.1, -0.05) is 0 Å². The Hall–Kier alpha value is -1.85. The summed E-state index contributed by atoms with van der Waals surface area (Å²) in [6, 6.07) is 2.20. The zero-order valence-electron chi connectivity index (χ0n) is 12.4. The van der Waals surface area contributed by atoms with Gasteiger partial charge in [0.25, 0.3) is 0 Å². The summed E-state index contributed by atoms with van der Waals surface area (Å²) in [5.41, 5.74) is 0. The highest BCUT2D eigenvalue weighted by atomic mass is 16.5. The average molecular weight is 278 g/mol. The highest BCUT2D eigenvalue weighted by Crippen LogP contribution is 2.22. The molecular weight excluding hydrogens is 256 g/mol. The Balaban J connectivity index is 1.96. The Kier molecular flexibility index (Phi) is 4.76. The van der Waals surface area contributed by atoms with Crippen molar-refractivity contribution in [3.63, 3.8) is 0 Å². The van der Waals surface area contributed by atoms with E-state index in [4.69, 9.17) is 4.74 Å². The Labute approximate surface area is 119 Å². The van der Waals surface area contributed by atoms with Gasteiger partial charge in [0.05, 0.1) is 6.61 Å². The second-order valence-electron chi connectivity index (χ2n) is 5.00. The highest BCUT2D eigenvalue weighted by Gasteiger charge is 2.24. The third kappa shape index (κ3) is 3.37. The molecule has 110 valence electrons. The van der Waals surface area contributed by atoms with Crippen LogP contribution in [-0.2, 0) is 4.79 Å².